The van der Waals surface area contributed by atoms with E-state index in [2.05, 4.69) is 163 Å². The van der Waals surface area contributed by atoms with Crippen molar-refractivity contribution in [3.05, 3.63) is 111 Å². The minimum atomic E-state index is 0. The van der Waals surface area contributed by atoms with Crippen LogP contribution in [0, 0.1) is 44.9 Å². The van der Waals surface area contributed by atoms with Gasteiger partial charge >= 0.3 is 37.7 Å². The molecule has 0 aliphatic carbocycles. The fourth-order valence-electron chi connectivity index (χ4n) is 4.41. The van der Waals surface area contributed by atoms with Gasteiger partial charge in [0.1, 0.15) is 0 Å². The molecule has 0 N–H and O–H groups in total. The van der Waals surface area contributed by atoms with Gasteiger partial charge in [-0.15, -0.1) is 0 Å². The smallest absolute Gasteiger partial charge is 0.341 e. The van der Waals surface area contributed by atoms with Crippen LogP contribution in [0.25, 0.3) is 0 Å². The molecule has 0 spiro atoms. The van der Waals surface area contributed by atoms with Crippen LogP contribution in [0.4, 0.5) is 0 Å². The third kappa shape index (κ3) is 103. The topological polar surface area (TPSA) is 3.24 Å². The maximum Gasteiger partial charge on any atom is 1.00 e. The normalized spacial score (nSPS) is 9.66. The van der Waals surface area contributed by atoms with E-state index in [1.54, 1.807) is 6.08 Å². The van der Waals surface area contributed by atoms with Gasteiger partial charge in [0.25, 0.3) is 0 Å². The molecular weight excluding hydrogens is 701 g/mol. The summed E-state index contributed by atoms with van der Waals surface area (Å²) in [6.45, 7) is 43.1. The third-order valence-corrected chi connectivity index (χ3v) is 7.83. The van der Waals surface area contributed by atoms with Crippen LogP contribution in [0.15, 0.2) is 86.0 Å². The van der Waals surface area contributed by atoms with Crippen LogP contribution in [-0.2, 0) is 0 Å². The minimum absolute atomic E-state index is 0. The van der Waals surface area contributed by atoms with Gasteiger partial charge in [-0.1, -0.05) is 215 Å². The number of unbranched alkanes of at least 4 members (excludes halogenated alkanes) is 8. The monoisotopic (exact) mass is 812 g/mol. The van der Waals surface area contributed by atoms with E-state index in [4.69, 9.17) is 0 Å². The van der Waals surface area contributed by atoms with Gasteiger partial charge in [0, 0.05) is 0 Å². The average molecular weight is 812 g/mol. The Labute approximate surface area is 403 Å². The number of allylic oxidation sites excluding steroid dienone is 8. The van der Waals surface area contributed by atoms with Crippen LogP contribution < -0.4 is 37.7 Å². The molecular formula is C56H111Li2N. The maximum absolute atomic E-state index is 3.64. The molecule has 1 aromatic carbocycles. The Morgan fingerprint density at radius 3 is 1.20 bits per heavy atom. The zero-order valence-electron chi connectivity index (χ0n) is 41.2. The molecule has 0 fully saturated rings. The molecule has 0 radical (unpaired) electrons. The van der Waals surface area contributed by atoms with Crippen molar-refractivity contribution in [2.45, 2.75) is 215 Å². The second kappa shape index (κ2) is 74.4. The van der Waals surface area contributed by atoms with Crippen molar-refractivity contribution in [2.24, 2.45) is 17.8 Å². The van der Waals surface area contributed by atoms with Crippen LogP contribution >= 0.6 is 0 Å². The van der Waals surface area contributed by atoms with E-state index in [0.29, 0.717) is 5.92 Å². The van der Waals surface area contributed by atoms with Gasteiger partial charge in [-0.3, -0.25) is 0 Å². The quantitative estimate of drug-likeness (QED) is 0.0330. The van der Waals surface area contributed by atoms with Crippen molar-refractivity contribution < 1.29 is 37.7 Å². The first-order valence-electron chi connectivity index (χ1n) is 22.4. The fourth-order valence-corrected chi connectivity index (χ4v) is 4.41. The number of rotatable bonds is 24. The van der Waals surface area contributed by atoms with Gasteiger partial charge in [0.2, 0.25) is 0 Å². The largest absolute Gasteiger partial charge is 1.00 e. The van der Waals surface area contributed by atoms with Gasteiger partial charge in [0.15, 0.2) is 0 Å². The molecule has 0 saturated carbocycles. The summed E-state index contributed by atoms with van der Waals surface area (Å²) >= 11 is 0. The van der Waals surface area contributed by atoms with E-state index in [9.17, 15) is 0 Å². The number of hydrogen-bond donors (Lipinski definition) is 0. The second-order valence-electron chi connectivity index (χ2n) is 15.6. The van der Waals surface area contributed by atoms with E-state index in [0.717, 1.165) is 24.7 Å². The van der Waals surface area contributed by atoms with Crippen molar-refractivity contribution >= 4 is 0 Å². The number of hydrogen-bond acceptors (Lipinski definition) is 1. The molecule has 0 unspecified atom stereocenters. The Kier molecular flexibility index (Phi) is 103. The zero-order valence-corrected chi connectivity index (χ0v) is 41.2. The average Bonchev–Trinajstić information content (AvgIpc) is 3.13. The van der Waals surface area contributed by atoms with Crippen molar-refractivity contribution in [3.8, 4) is 0 Å². The molecule has 342 valence electrons. The summed E-state index contributed by atoms with van der Waals surface area (Å²) in [5, 5.41) is 0. The first kappa shape index (κ1) is 81.7. The molecule has 1 aromatic rings. The van der Waals surface area contributed by atoms with Crippen LogP contribution in [0.3, 0.4) is 0 Å². The van der Waals surface area contributed by atoms with Crippen molar-refractivity contribution in [2.75, 3.05) is 19.6 Å². The third-order valence-electron chi connectivity index (χ3n) is 7.83. The molecule has 59 heavy (non-hydrogen) atoms. The summed E-state index contributed by atoms with van der Waals surface area (Å²) in [7, 11) is 0. The fraction of sp³-hybridized carbons (Fsp3) is 0.679. The summed E-state index contributed by atoms with van der Waals surface area (Å²) in [5.74, 6) is 2.26. The summed E-state index contributed by atoms with van der Waals surface area (Å²) < 4.78 is 0. The molecule has 3 heteroatoms. The van der Waals surface area contributed by atoms with Gasteiger partial charge in [-0.25, -0.2) is 19.1 Å². The van der Waals surface area contributed by atoms with E-state index < -0.39 is 0 Å². The number of aryl methyl sites for hydroxylation is 2. The first-order valence-corrected chi connectivity index (χ1v) is 22.4. The summed E-state index contributed by atoms with van der Waals surface area (Å²) in [6.07, 6.45) is 39.7. The molecule has 1 nitrogen and oxygen atoms in total. The Morgan fingerprint density at radius 2 is 0.932 bits per heavy atom. The van der Waals surface area contributed by atoms with E-state index in [-0.39, 0.29) is 60.0 Å². The maximum atomic E-state index is 3.64. The van der Waals surface area contributed by atoms with Crippen LogP contribution in [0.1, 0.15) is 212 Å². The van der Waals surface area contributed by atoms with Crippen LogP contribution in [-0.4, -0.2) is 24.5 Å². The van der Waals surface area contributed by atoms with E-state index in [1.807, 2.05) is 25.2 Å². The van der Waals surface area contributed by atoms with Gasteiger partial charge in [0.05, 0.1) is 0 Å². The SMILES string of the molecule is C.C.C.C=C/C=C/C.C=C[CH-]CC/C=C/CCC(C)C.CCCCC/C=C/CCC(C)C.CCCCN(CCCC)CCCC.Cc1ccc(C)cc1.[CH2-]C(C)C.[Li+].[Li+]. The molecule has 0 atom stereocenters. The van der Waals surface area contributed by atoms with Gasteiger partial charge in [-0.2, -0.15) is 5.92 Å². The van der Waals surface area contributed by atoms with Crippen molar-refractivity contribution in [3.63, 3.8) is 0 Å². The summed E-state index contributed by atoms with van der Waals surface area (Å²) in [4.78, 5) is 2.64. The standard InChI is InChI=1S/C12H27N.C12H24.C12H21.C8H10.C5H8.C4H9.3CH4.2Li/c1-4-7-10-13(11-8-5-2)12-9-6-3;2*1-4-5-6-7-8-9-10-11-12(2)3;1-7-3-5-8(2)6-4-7;1-3-5-4-2;1-4(2)3;;;;;/h4-12H2,1-3H3;8-9,12H,4-7,10-11H2,1-3H3;4-5,8-9,12H,1,6-7,10-11H2,2-3H3;3-6H,1-2H3;3-5H,1H2,2H3;4H,1H2,2-3H3;3*1H4;;/q;;-1;;;-1;;;;2*+1/b;2*9-8+;;5-4+;;;;;;. The van der Waals surface area contributed by atoms with Crippen molar-refractivity contribution in [1.82, 2.24) is 4.90 Å². The van der Waals surface area contributed by atoms with Gasteiger partial charge in [-0.05, 0) is 116 Å². The predicted molar refractivity (Wildman–Crippen MR) is 277 cm³/mol. The zero-order chi connectivity index (χ0) is 42.1. The Balaban J connectivity index is -0.0000000621. The Hall–Kier alpha value is -1.06. The van der Waals surface area contributed by atoms with Crippen LogP contribution in [0.5, 0.6) is 0 Å². The minimum Gasteiger partial charge on any atom is -0.341 e. The van der Waals surface area contributed by atoms with Crippen molar-refractivity contribution in [1.29, 1.82) is 0 Å². The molecule has 0 heterocycles. The van der Waals surface area contributed by atoms with Gasteiger partial charge < -0.3 is 11.8 Å². The first-order chi connectivity index (χ1) is 25.8. The van der Waals surface area contributed by atoms with E-state index >= 15 is 0 Å². The summed E-state index contributed by atoms with van der Waals surface area (Å²) in [6, 6.07) is 8.48. The molecule has 0 aromatic heterocycles. The predicted octanol–water partition coefficient (Wildman–Crippen LogP) is 13.8. The molecule has 0 bridgehead atoms. The summed E-state index contributed by atoms with van der Waals surface area (Å²) in [5.41, 5.74) is 2.66. The Morgan fingerprint density at radius 1 is 0.593 bits per heavy atom. The molecule has 0 aliphatic rings. The molecule has 1 rings (SSSR count). The number of benzene rings is 1. The second-order valence-corrected chi connectivity index (χ2v) is 15.6. The Bertz CT molecular complexity index is 852. The van der Waals surface area contributed by atoms with Crippen LogP contribution in [0.2, 0.25) is 0 Å². The molecule has 0 amide bonds. The molecule has 0 saturated heterocycles. The number of nitrogens with zero attached hydrogens (tertiary/aromatic N) is 1. The van der Waals surface area contributed by atoms with E-state index in [1.165, 1.54) is 121 Å². The molecule has 0 aliphatic heterocycles.